The molecule has 1 amide bonds. The van der Waals surface area contributed by atoms with E-state index < -0.39 is 0 Å². The van der Waals surface area contributed by atoms with Gasteiger partial charge >= 0.3 is 0 Å². The van der Waals surface area contributed by atoms with Crippen LogP contribution in [0.2, 0.25) is 0 Å². The lowest BCUT2D eigenvalue weighted by Gasteiger charge is -2.33. The molecular weight excluding hydrogens is 366 g/mol. The molecule has 29 heavy (non-hydrogen) atoms. The van der Waals surface area contributed by atoms with Gasteiger partial charge in [0, 0.05) is 61.9 Å². The summed E-state index contributed by atoms with van der Waals surface area (Å²) in [5.74, 6) is 0.0153. The third-order valence-electron chi connectivity index (χ3n) is 4.91. The summed E-state index contributed by atoms with van der Waals surface area (Å²) < 4.78 is 0. The Balaban J connectivity index is 1.63. The van der Waals surface area contributed by atoms with E-state index in [9.17, 15) is 9.59 Å². The van der Waals surface area contributed by atoms with Crippen LogP contribution in [0.15, 0.2) is 53.7 Å². The Kier molecular flexibility index (Phi) is 7.19. The molecule has 1 aliphatic rings. The highest BCUT2D eigenvalue weighted by atomic mass is 16.2. The van der Waals surface area contributed by atoms with E-state index in [1.807, 2.05) is 29.2 Å². The lowest BCUT2D eigenvalue weighted by molar-refractivity contribution is -0.127. The van der Waals surface area contributed by atoms with Gasteiger partial charge in [-0.25, -0.2) is 0 Å². The molecule has 2 aromatic heterocycles. The number of aromatic nitrogens is 2. The highest BCUT2D eigenvalue weighted by molar-refractivity contribution is 5.87. The number of hydrogen-bond donors (Lipinski definition) is 3. The first kappa shape index (κ1) is 20.8. The SMILES string of the molecule is CC(C)NC/C=C/C(=O)N1CCC[C@H](Nc2cc(-c3ccncc3)c[nH]c2=O)C1. The third kappa shape index (κ3) is 6.02. The summed E-state index contributed by atoms with van der Waals surface area (Å²) in [5, 5.41) is 6.59. The summed E-state index contributed by atoms with van der Waals surface area (Å²) in [4.78, 5) is 33.4. The molecule has 154 valence electrons. The van der Waals surface area contributed by atoms with Gasteiger partial charge in [-0.2, -0.15) is 0 Å². The summed E-state index contributed by atoms with van der Waals surface area (Å²) in [5.41, 5.74) is 2.26. The molecule has 1 saturated heterocycles. The number of nitrogens with one attached hydrogen (secondary N) is 3. The Bertz CT molecular complexity index is 892. The van der Waals surface area contributed by atoms with Crippen LogP contribution in [0.25, 0.3) is 11.1 Å². The van der Waals surface area contributed by atoms with Crippen molar-refractivity contribution in [3.63, 3.8) is 0 Å². The second-order valence-corrected chi connectivity index (χ2v) is 7.60. The Morgan fingerprint density at radius 1 is 1.34 bits per heavy atom. The zero-order valence-electron chi connectivity index (χ0n) is 17.0. The van der Waals surface area contributed by atoms with Gasteiger partial charge in [0.2, 0.25) is 5.91 Å². The molecule has 3 rings (SSSR count). The van der Waals surface area contributed by atoms with Gasteiger partial charge in [-0.05, 0) is 36.6 Å². The van der Waals surface area contributed by atoms with Crippen LogP contribution >= 0.6 is 0 Å². The van der Waals surface area contributed by atoms with E-state index in [0.717, 1.165) is 30.5 Å². The number of pyridine rings is 2. The van der Waals surface area contributed by atoms with Crippen molar-refractivity contribution in [2.24, 2.45) is 0 Å². The van der Waals surface area contributed by atoms with E-state index in [-0.39, 0.29) is 17.5 Å². The first-order chi connectivity index (χ1) is 14.0. The summed E-state index contributed by atoms with van der Waals surface area (Å²) in [6.45, 7) is 6.14. The van der Waals surface area contributed by atoms with Crippen LogP contribution in [0.5, 0.6) is 0 Å². The predicted molar refractivity (Wildman–Crippen MR) is 116 cm³/mol. The summed E-state index contributed by atoms with van der Waals surface area (Å²) >= 11 is 0. The number of likely N-dealkylation sites (tertiary alicyclic amines) is 1. The molecule has 2 aromatic rings. The van der Waals surface area contributed by atoms with Gasteiger partial charge in [0.15, 0.2) is 0 Å². The van der Waals surface area contributed by atoms with E-state index in [4.69, 9.17) is 0 Å². The van der Waals surface area contributed by atoms with Crippen molar-refractivity contribution in [3.8, 4) is 11.1 Å². The van der Waals surface area contributed by atoms with Gasteiger partial charge in [-0.15, -0.1) is 0 Å². The van der Waals surface area contributed by atoms with E-state index in [1.54, 1.807) is 24.7 Å². The number of nitrogens with zero attached hydrogens (tertiary/aromatic N) is 2. The van der Waals surface area contributed by atoms with Crippen LogP contribution in [-0.4, -0.2) is 52.5 Å². The number of piperidine rings is 1. The van der Waals surface area contributed by atoms with Crippen LogP contribution in [0, 0.1) is 0 Å². The molecular formula is C22H29N5O2. The van der Waals surface area contributed by atoms with Crippen molar-refractivity contribution in [1.29, 1.82) is 0 Å². The molecule has 1 fully saturated rings. The zero-order chi connectivity index (χ0) is 20.6. The van der Waals surface area contributed by atoms with Gasteiger partial charge in [0.05, 0.1) is 0 Å². The number of amides is 1. The first-order valence-corrected chi connectivity index (χ1v) is 10.1. The largest absolute Gasteiger partial charge is 0.376 e. The van der Waals surface area contributed by atoms with Crippen LogP contribution in [0.4, 0.5) is 5.69 Å². The standard InChI is InChI=1S/C22H29N5O2/c1-16(2)24-9-3-6-21(28)27-12-4-5-19(15-27)26-20-13-18(14-25-22(20)29)17-7-10-23-11-8-17/h3,6-8,10-11,13-14,16,19,24,26H,4-5,9,12,15H2,1-2H3,(H,25,29)/b6-3+/t19-/m0/s1. The van der Waals surface area contributed by atoms with Crippen LogP contribution in [0.3, 0.4) is 0 Å². The van der Waals surface area contributed by atoms with Crippen LogP contribution in [0.1, 0.15) is 26.7 Å². The number of hydrogen-bond acceptors (Lipinski definition) is 5. The monoisotopic (exact) mass is 395 g/mol. The molecule has 7 heteroatoms. The first-order valence-electron chi connectivity index (χ1n) is 10.1. The number of aromatic amines is 1. The lowest BCUT2D eigenvalue weighted by Crippen LogP contribution is -2.45. The normalized spacial score (nSPS) is 17.1. The molecule has 3 heterocycles. The molecule has 1 aliphatic heterocycles. The fraction of sp³-hybridized carbons (Fsp3) is 0.409. The Morgan fingerprint density at radius 3 is 2.90 bits per heavy atom. The number of rotatable bonds is 7. The molecule has 0 spiro atoms. The lowest BCUT2D eigenvalue weighted by atomic mass is 10.0. The number of anilines is 1. The van der Waals surface area contributed by atoms with E-state index in [2.05, 4.69) is 34.4 Å². The highest BCUT2D eigenvalue weighted by Gasteiger charge is 2.23. The maximum absolute atomic E-state index is 12.5. The Labute approximate surface area is 171 Å². The fourth-order valence-corrected chi connectivity index (χ4v) is 3.39. The summed E-state index contributed by atoms with van der Waals surface area (Å²) in [6, 6.07) is 6.09. The second-order valence-electron chi connectivity index (χ2n) is 7.60. The molecule has 7 nitrogen and oxygen atoms in total. The van der Waals surface area contributed by atoms with Gasteiger partial charge in [0.1, 0.15) is 5.69 Å². The number of carbonyl (C=O) groups excluding carboxylic acids is 1. The fourth-order valence-electron chi connectivity index (χ4n) is 3.39. The minimum Gasteiger partial charge on any atom is -0.376 e. The summed E-state index contributed by atoms with van der Waals surface area (Å²) in [7, 11) is 0. The van der Waals surface area contributed by atoms with Gasteiger partial charge in [0.25, 0.3) is 5.56 Å². The maximum atomic E-state index is 12.5. The smallest absolute Gasteiger partial charge is 0.271 e. The molecule has 0 bridgehead atoms. The van der Waals surface area contributed by atoms with Crippen molar-refractivity contribution in [2.75, 3.05) is 25.0 Å². The van der Waals surface area contributed by atoms with Crippen LogP contribution in [-0.2, 0) is 4.79 Å². The van der Waals surface area contributed by atoms with Gasteiger partial charge < -0.3 is 20.5 Å². The molecule has 3 N–H and O–H groups in total. The summed E-state index contributed by atoms with van der Waals surface area (Å²) in [6.07, 6.45) is 10.5. The van der Waals surface area contributed by atoms with Crippen LogP contribution < -0.4 is 16.2 Å². The predicted octanol–water partition coefficient (Wildman–Crippen LogP) is 2.39. The minimum absolute atomic E-state index is 0.0153. The maximum Gasteiger partial charge on any atom is 0.271 e. The van der Waals surface area contributed by atoms with Crippen molar-refractivity contribution in [3.05, 3.63) is 59.3 Å². The molecule has 0 aromatic carbocycles. The second kappa shape index (κ2) is 10.0. The Morgan fingerprint density at radius 2 is 2.14 bits per heavy atom. The van der Waals surface area contributed by atoms with E-state index in [1.165, 1.54) is 0 Å². The molecule has 1 atom stereocenters. The molecule has 0 aliphatic carbocycles. The number of H-pyrrole nitrogens is 1. The van der Waals surface area contributed by atoms with Crippen molar-refractivity contribution >= 4 is 11.6 Å². The quantitative estimate of drug-likeness (QED) is 0.627. The van der Waals surface area contributed by atoms with Crippen molar-refractivity contribution < 1.29 is 4.79 Å². The van der Waals surface area contributed by atoms with Crippen molar-refractivity contribution in [2.45, 2.75) is 38.8 Å². The van der Waals surface area contributed by atoms with Gasteiger partial charge in [-0.3, -0.25) is 14.6 Å². The molecule has 0 unspecified atom stereocenters. The zero-order valence-corrected chi connectivity index (χ0v) is 17.0. The highest BCUT2D eigenvalue weighted by Crippen LogP contribution is 2.20. The molecule has 0 radical (unpaired) electrons. The van der Waals surface area contributed by atoms with Crippen molar-refractivity contribution in [1.82, 2.24) is 20.2 Å². The average Bonchev–Trinajstić information content (AvgIpc) is 2.73. The minimum atomic E-state index is -0.161. The topological polar surface area (TPSA) is 90.1 Å². The Hall–Kier alpha value is -2.93. The van der Waals surface area contributed by atoms with E-state index >= 15 is 0 Å². The average molecular weight is 396 g/mol. The van der Waals surface area contributed by atoms with Gasteiger partial charge in [-0.1, -0.05) is 19.9 Å². The molecule has 0 saturated carbocycles. The van der Waals surface area contributed by atoms with E-state index in [0.29, 0.717) is 24.8 Å². The third-order valence-corrected chi connectivity index (χ3v) is 4.91. The number of carbonyl (C=O) groups is 1.